The predicted octanol–water partition coefficient (Wildman–Crippen LogP) is -0.573. The van der Waals surface area contributed by atoms with Crippen molar-refractivity contribution < 1.29 is 19.4 Å². The fourth-order valence-electron chi connectivity index (χ4n) is 2.40. The van der Waals surface area contributed by atoms with Gasteiger partial charge in [-0.15, -0.1) is 0 Å². The van der Waals surface area contributed by atoms with Gasteiger partial charge in [0, 0.05) is 32.2 Å². The molecule has 2 saturated heterocycles. The number of likely N-dealkylation sites (tertiary alicyclic amines) is 1. The Morgan fingerprint density at radius 1 is 1.35 bits per heavy atom. The lowest BCUT2D eigenvalue weighted by molar-refractivity contribution is -0.143. The van der Waals surface area contributed by atoms with Gasteiger partial charge >= 0.3 is 5.97 Å². The lowest BCUT2D eigenvalue weighted by Gasteiger charge is -2.27. The van der Waals surface area contributed by atoms with Crippen LogP contribution in [0, 0.1) is 5.92 Å². The molecule has 3 N–H and O–H groups in total. The van der Waals surface area contributed by atoms with Gasteiger partial charge in [0.05, 0.1) is 0 Å². The molecule has 1 unspecified atom stereocenters. The Balaban J connectivity index is 1.95. The van der Waals surface area contributed by atoms with E-state index in [9.17, 15) is 9.59 Å². The SMILES string of the molecule is NC1(C(=O)O)CCN(C(=O)C2CCOCC2)C1. The zero-order valence-electron chi connectivity index (χ0n) is 9.72. The fraction of sp³-hybridized carbons (Fsp3) is 0.818. The molecule has 0 radical (unpaired) electrons. The Bertz CT molecular complexity index is 327. The summed E-state index contributed by atoms with van der Waals surface area (Å²) in [5, 5.41) is 9.00. The molecule has 1 atom stereocenters. The highest BCUT2D eigenvalue weighted by Crippen LogP contribution is 2.24. The normalized spacial score (nSPS) is 30.5. The van der Waals surface area contributed by atoms with Gasteiger partial charge in [-0.2, -0.15) is 0 Å². The summed E-state index contributed by atoms with van der Waals surface area (Å²) in [7, 11) is 0. The lowest BCUT2D eigenvalue weighted by atomic mass is 9.98. The van der Waals surface area contributed by atoms with E-state index in [0.717, 1.165) is 12.8 Å². The highest BCUT2D eigenvalue weighted by Gasteiger charge is 2.44. The number of rotatable bonds is 2. The average Bonchev–Trinajstić information content (AvgIpc) is 2.74. The second kappa shape index (κ2) is 4.62. The van der Waals surface area contributed by atoms with Crippen LogP contribution < -0.4 is 5.73 Å². The van der Waals surface area contributed by atoms with Gasteiger partial charge in [0.25, 0.3) is 0 Å². The highest BCUT2D eigenvalue weighted by atomic mass is 16.5. The molecule has 0 bridgehead atoms. The Labute approximate surface area is 99.7 Å². The molecular formula is C11H18N2O4. The van der Waals surface area contributed by atoms with E-state index in [-0.39, 0.29) is 18.4 Å². The number of carboxylic acid groups (broad SMARTS) is 1. The predicted molar refractivity (Wildman–Crippen MR) is 59.3 cm³/mol. The van der Waals surface area contributed by atoms with E-state index < -0.39 is 11.5 Å². The van der Waals surface area contributed by atoms with E-state index in [0.29, 0.717) is 26.2 Å². The molecular weight excluding hydrogens is 224 g/mol. The van der Waals surface area contributed by atoms with Crippen molar-refractivity contribution >= 4 is 11.9 Å². The number of nitrogens with two attached hydrogens (primary N) is 1. The van der Waals surface area contributed by atoms with Crippen molar-refractivity contribution in [3.05, 3.63) is 0 Å². The summed E-state index contributed by atoms with van der Waals surface area (Å²) in [6, 6.07) is 0. The summed E-state index contributed by atoms with van der Waals surface area (Å²) >= 11 is 0. The summed E-state index contributed by atoms with van der Waals surface area (Å²) in [6.07, 6.45) is 1.78. The standard InChI is InChI=1S/C11H18N2O4/c12-11(10(15)16)3-4-13(7-11)9(14)8-1-5-17-6-2-8/h8H,1-7,12H2,(H,15,16). The first kappa shape index (κ1) is 12.3. The highest BCUT2D eigenvalue weighted by molar-refractivity contribution is 5.84. The van der Waals surface area contributed by atoms with Crippen LogP contribution in [0.4, 0.5) is 0 Å². The Kier molecular flexibility index (Phi) is 3.35. The van der Waals surface area contributed by atoms with Crippen molar-refractivity contribution in [3.63, 3.8) is 0 Å². The maximum Gasteiger partial charge on any atom is 0.325 e. The molecule has 96 valence electrons. The number of ether oxygens (including phenoxy) is 1. The molecule has 2 rings (SSSR count). The van der Waals surface area contributed by atoms with Crippen LogP contribution in [-0.4, -0.2) is 53.7 Å². The van der Waals surface area contributed by atoms with Crippen molar-refractivity contribution in [2.75, 3.05) is 26.3 Å². The summed E-state index contributed by atoms with van der Waals surface area (Å²) < 4.78 is 5.20. The van der Waals surface area contributed by atoms with Gasteiger partial charge in [-0.25, -0.2) is 0 Å². The summed E-state index contributed by atoms with van der Waals surface area (Å²) in [4.78, 5) is 24.7. The first-order chi connectivity index (χ1) is 8.03. The van der Waals surface area contributed by atoms with Gasteiger partial charge in [-0.05, 0) is 19.3 Å². The number of aliphatic carboxylic acids is 1. The first-order valence-corrected chi connectivity index (χ1v) is 5.92. The molecule has 6 nitrogen and oxygen atoms in total. The van der Waals surface area contributed by atoms with Gasteiger partial charge < -0.3 is 20.5 Å². The second-order valence-corrected chi connectivity index (χ2v) is 4.86. The number of carboxylic acids is 1. The van der Waals surface area contributed by atoms with Crippen molar-refractivity contribution in [2.24, 2.45) is 11.7 Å². The van der Waals surface area contributed by atoms with Gasteiger partial charge in [-0.3, -0.25) is 9.59 Å². The van der Waals surface area contributed by atoms with E-state index in [2.05, 4.69) is 0 Å². The molecule has 0 saturated carbocycles. The van der Waals surface area contributed by atoms with Gasteiger partial charge in [-0.1, -0.05) is 0 Å². The van der Waals surface area contributed by atoms with Crippen LogP contribution in [0.25, 0.3) is 0 Å². The third-order valence-corrected chi connectivity index (χ3v) is 3.61. The number of carbonyl (C=O) groups excluding carboxylic acids is 1. The molecule has 2 aliphatic rings. The molecule has 2 aliphatic heterocycles. The Hall–Kier alpha value is -1.14. The lowest BCUT2D eigenvalue weighted by Crippen LogP contribution is -2.51. The van der Waals surface area contributed by atoms with Crippen molar-refractivity contribution in [3.8, 4) is 0 Å². The molecule has 0 aromatic carbocycles. The van der Waals surface area contributed by atoms with Gasteiger partial charge in [0.1, 0.15) is 5.54 Å². The van der Waals surface area contributed by atoms with E-state index in [1.807, 2.05) is 0 Å². The monoisotopic (exact) mass is 242 g/mol. The summed E-state index contributed by atoms with van der Waals surface area (Å²) in [6.45, 7) is 1.78. The molecule has 2 fully saturated rings. The number of nitrogens with zero attached hydrogens (tertiary/aromatic N) is 1. The fourth-order valence-corrected chi connectivity index (χ4v) is 2.40. The minimum atomic E-state index is -1.26. The Morgan fingerprint density at radius 3 is 2.53 bits per heavy atom. The Morgan fingerprint density at radius 2 is 2.00 bits per heavy atom. The molecule has 0 spiro atoms. The van der Waals surface area contributed by atoms with Crippen LogP contribution in [-0.2, 0) is 14.3 Å². The van der Waals surface area contributed by atoms with Gasteiger partial charge in [0.15, 0.2) is 0 Å². The van der Waals surface area contributed by atoms with E-state index in [4.69, 9.17) is 15.6 Å². The van der Waals surface area contributed by atoms with Crippen LogP contribution in [0.1, 0.15) is 19.3 Å². The minimum Gasteiger partial charge on any atom is -0.480 e. The van der Waals surface area contributed by atoms with Crippen LogP contribution >= 0.6 is 0 Å². The van der Waals surface area contributed by atoms with Crippen LogP contribution in [0.3, 0.4) is 0 Å². The zero-order valence-corrected chi connectivity index (χ0v) is 9.72. The van der Waals surface area contributed by atoms with Crippen molar-refractivity contribution in [2.45, 2.75) is 24.8 Å². The molecule has 0 aliphatic carbocycles. The molecule has 2 heterocycles. The topological polar surface area (TPSA) is 92.9 Å². The van der Waals surface area contributed by atoms with Crippen LogP contribution in [0.2, 0.25) is 0 Å². The van der Waals surface area contributed by atoms with Crippen molar-refractivity contribution in [1.82, 2.24) is 4.90 Å². The summed E-state index contributed by atoms with van der Waals surface area (Å²) in [5.41, 5.74) is 4.48. The molecule has 17 heavy (non-hydrogen) atoms. The van der Waals surface area contributed by atoms with E-state index in [1.54, 1.807) is 4.90 Å². The van der Waals surface area contributed by atoms with Crippen LogP contribution in [0.15, 0.2) is 0 Å². The smallest absolute Gasteiger partial charge is 0.325 e. The number of hydrogen-bond acceptors (Lipinski definition) is 4. The molecule has 6 heteroatoms. The quantitative estimate of drug-likeness (QED) is 0.676. The first-order valence-electron chi connectivity index (χ1n) is 5.92. The zero-order chi connectivity index (χ0) is 12.5. The van der Waals surface area contributed by atoms with Crippen LogP contribution in [0.5, 0.6) is 0 Å². The van der Waals surface area contributed by atoms with E-state index in [1.165, 1.54) is 0 Å². The average molecular weight is 242 g/mol. The molecule has 1 amide bonds. The summed E-state index contributed by atoms with van der Waals surface area (Å²) in [5.74, 6) is -1.03. The van der Waals surface area contributed by atoms with E-state index >= 15 is 0 Å². The van der Waals surface area contributed by atoms with Crippen molar-refractivity contribution in [1.29, 1.82) is 0 Å². The molecule has 0 aromatic heterocycles. The van der Waals surface area contributed by atoms with Gasteiger partial charge in [0.2, 0.25) is 5.91 Å². The molecule has 0 aromatic rings. The number of amides is 1. The number of hydrogen-bond donors (Lipinski definition) is 2. The second-order valence-electron chi connectivity index (χ2n) is 4.86. The maximum atomic E-state index is 12.1. The third-order valence-electron chi connectivity index (χ3n) is 3.61. The number of carbonyl (C=O) groups is 2. The third kappa shape index (κ3) is 2.42. The largest absolute Gasteiger partial charge is 0.480 e. The minimum absolute atomic E-state index is 0.0279. The maximum absolute atomic E-state index is 12.1.